The number of nitriles is 1. The predicted molar refractivity (Wildman–Crippen MR) is 72.7 cm³/mol. The van der Waals surface area contributed by atoms with Crippen LogP contribution in [0.1, 0.15) is 18.9 Å². The van der Waals surface area contributed by atoms with Crippen LogP contribution in [0.5, 0.6) is 0 Å². The maximum Gasteiger partial charge on any atom is 0.216 e. The quantitative estimate of drug-likeness (QED) is 0.830. The summed E-state index contributed by atoms with van der Waals surface area (Å²) < 4.78 is 0. The molecule has 0 aliphatic heterocycles. The fraction of sp³-hybridized carbons (Fsp3) is 0.385. The Labute approximate surface area is 112 Å². The van der Waals surface area contributed by atoms with E-state index in [0.717, 1.165) is 18.7 Å². The molecule has 1 amide bonds. The van der Waals surface area contributed by atoms with Gasteiger partial charge >= 0.3 is 0 Å². The molecule has 0 atom stereocenters. The minimum atomic E-state index is -0.0147. The van der Waals surface area contributed by atoms with Crippen LogP contribution in [0.15, 0.2) is 18.2 Å². The van der Waals surface area contributed by atoms with Gasteiger partial charge in [0, 0.05) is 32.7 Å². The number of rotatable bonds is 5. The molecule has 0 spiro atoms. The van der Waals surface area contributed by atoms with Crippen LogP contribution in [0.25, 0.3) is 0 Å². The second kappa shape index (κ2) is 6.87. The van der Waals surface area contributed by atoms with Crippen molar-refractivity contribution in [3.05, 3.63) is 28.8 Å². The van der Waals surface area contributed by atoms with Gasteiger partial charge in [0.15, 0.2) is 0 Å². The van der Waals surface area contributed by atoms with Gasteiger partial charge in [-0.15, -0.1) is 0 Å². The Kier molecular flexibility index (Phi) is 5.47. The number of carbonyl (C=O) groups is 1. The average Bonchev–Trinajstić information content (AvgIpc) is 2.34. The van der Waals surface area contributed by atoms with E-state index in [2.05, 4.69) is 5.32 Å². The van der Waals surface area contributed by atoms with Gasteiger partial charge in [-0.25, -0.2) is 0 Å². The van der Waals surface area contributed by atoms with Crippen molar-refractivity contribution in [1.29, 1.82) is 5.26 Å². The highest BCUT2D eigenvalue weighted by atomic mass is 35.5. The van der Waals surface area contributed by atoms with Crippen LogP contribution in [-0.2, 0) is 4.79 Å². The molecule has 18 heavy (non-hydrogen) atoms. The van der Waals surface area contributed by atoms with Gasteiger partial charge in [-0.1, -0.05) is 11.6 Å². The fourth-order valence-electron chi connectivity index (χ4n) is 1.54. The van der Waals surface area contributed by atoms with Crippen molar-refractivity contribution in [3.63, 3.8) is 0 Å². The second-order valence-electron chi connectivity index (χ2n) is 4.03. The molecule has 5 heteroatoms. The molecule has 0 aliphatic carbocycles. The number of hydrogen-bond donors (Lipinski definition) is 1. The first kappa shape index (κ1) is 14.3. The molecule has 0 saturated heterocycles. The highest BCUT2D eigenvalue weighted by molar-refractivity contribution is 6.32. The summed E-state index contributed by atoms with van der Waals surface area (Å²) in [5.74, 6) is -0.0147. The van der Waals surface area contributed by atoms with Gasteiger partial charge in [0.1, 0.15) is 6.07 Å². The van der Waals surface area contributed by atoms with Gasteiger partial charge in [-0.05, 0) is 24.6 Å². The number of amides is 1. The number of nitrogens with one attached hydrogen (secondary N) is 1. The number of carbonyl (C=O) groups excluding carboxylic acids is 1. The summed E-state index contributed by atoms with van der Waals surface area (Å²) in [5, 5.41) is 12.0. The van der Waals surface area contributed by atoms with Crippen molar-refractivity contribution in [3.8, 4) is 6.07 Å². The number of benzene rings is 1. The second-order valence-corrected chi connectivity index (χ2v) is 4.44. The van der Waals surface area contributed by atoms with Crippen LogP contribution in [0.2, 0.25) is 5.02 Å². The molecule has 1 rings (SSSR count). The third-order valence-electron chi connectivity index (χ3n) is 2.56. The van der Waals surface area contributed by atoms with E-state index in [0.29, 0.717) is 17.1 Å². The Morgan fingerprint density at radius 3 is 2.83 bits per heavy atom. The Morgan fingerprint density at radius 1 is 1.56 bits per heavy atom. The lowest BCUT2D eigenvalue weighted by atomic mass is 10.2. The van der Waals surface area contributed by atoms with E-state index < -0.39 is 0 Å². The molecular weight excluding hydrogens is 250 g/mol. The summed E-state index contributed by atoms with van der Waals surface area (Å²) >= 11 is 5.97. The van der Waals surface area contributed by atoms with E-state index in [-0.39, 0.29) is 5.91 Å². The van der Waals surface area contributed by atoms with E-state index >= 15 is 0 Å². The first-order chi connectivity index (χ1) is 8.54. The highest BCUT2D eigenvalue weighted by Gasteiger charge is 2.05. The Balaban J connectivity index is 2.52. The number of nitrogens with zero attached hydrogens (tertiary/aromatic N) is 2. The number of hydrogen-bond acceptors (Lipinski definition) is 3. The normalized spacial score (nSPS) is 9.67. The Morgan fingerprint density at radius 2 is 2.28 bits per heavy atom. The van der Waals surface area contributed by atoms with E-state index in [1.54, 1.807) is 12.1 Å². The lowest BCUT2D eigenvalue weighted by Gasteiger charge is -2.19. The molecule has 0 heterocycles. The summed E-state index contributed by atoms with van der Waals surface area (Å²) in [6, 6.07) is 7.38. The third-order valence-corrected chi connectivity index (χ3v) is 2.87. The zero-order chi connectivity index (χ0) is 13.5. The molecule has 0 fully saturated rings. The monoisotopic (exact) mass is 265 g/mol. The molecule has 1 aromatic rings. The van der Waals surface area contributed by atoms with Crippen LogP contribution < -0.4 is 10.2 Å². The van der Waals surface area contributed by atoms with Crippen LogP contribution >= 0.6 is 11.6 Å². The number of halogens is 1. The maximum absolute atomic E-state index is 10.7. The Bertz CT molecular complexity index is 468. The van der Waals surface area contributed by atoms with Crippen LogP contribution in [0, 0.1) is 11.3 Å². The number of anilines is 1. The van der Waals surface area contributed by atoms with Gasteiger partial charge in [0.05, 0.1) is 10.6 Å². The zero-order valence-electron chi connectivity index (χ0n) is 10.5. The molecule has 0 radical (unpaired) electrons. The lowest BCUT2D eigenvalue weighted by Crippen LogP contribution is -2.26. The summed E-state index contributed by atoms with van der Waals surface area (Å²) in [6.45, 7) is 2.97. The van der Waals surface area contributed by atoms with Gasteiger partial charge in [-0.2, -0.15) is 5.26 Å². The van der Waals surface area contributed by atoms with E-state index in [1.807, 2.05) is 24.1 Å². The van der Waals surface area contributed by atoms with E-state index in [9.17, 15) is 4.79 Å². The molecule has 0 saturated carbocycles. The summed E-state index contributed by atoms with van der Waals surface area (Å²) in [6.07, 6.45) is 0.855. The molecule has 96 valence electrons. The van der Waals surface area contributed by atoms with Crippen molar-refractivity contribution in [1.82, 2.24) is 5.32 Å². The van der Waals surface area contributed by atoms with Crippen molar-refractivity contribution < 1.29 is 4.79 Å². The maximum atomic E-state index is 10.7. The fourth-order valence-corrected chi connectivity index (χ4v) is 1.76. The van der Waals surface area contributed by atoms with Gasteiger partial charge < -0.3 is 10.2 Å². The lowest BCUT2D eigenvalue weighted by molar-refractivity contribution is -0.118. The average molecular weight is 266 g/mol. The van der Waals surface area contributed by atoms with Crippen molar-refractivity contribution in [2.75, 3.05) is 25.0 Å². The summed E-state index contributed by atoms with van der Waals surface area (Å²) in [5.41, 5.74) is 1.44. The molecule has 0 aromatic heterocycles. The summed E-state index contributed by atoms with van der Waals surface area (Å²) in [4.78, 5) is 12.7. The molecule has 1 N–H and O–H groups in total. The summed E-state index contributed by atoms with van der Waals surface area (Å²) in [7, 11) is 1.95. The third kappa shape index (κ3) is 4.27. The molecule has 1 aromatic carbocycles. The molecule has 0 bridgehead atoms. The van der Waals surface area contributed by atoms with Gasteiger partial charge in [0.25, 0.3) is 0 Å². The van der Waals surface area contributed by atoms with E-state index in [1.165, 1.54) is 6.92 Å². The first-order valence-electron chi connectivity index (χ1n) is 5.70. The largest absolute Gasteiger partial charge is 0.374 e. The molecule has 0 aliphatic rings. The highest BCUT2D eigenvalue weighted by Crippen LogP contribution is 2.22. The minimum absolute atomic E-state index is 0.0147. The standard InChI is InChI=1S/C13H16ClN3O/c1-10(18)16-6-3-7-17(2)12-5-4-11(9-15)13(14)8-12/h4-5,8H,3,6-7H2,1-2H3,(H,16,18). The smallest absolute Gasteiger partial charge is 0.216 e. The topological polar surface area (TPSA) is 56.1 Å². The van der Waals surface area contributed by atoms with Crippen LogP contribution in [-0.4, -0.2) is 26.0 Å². The van der Waals surface area contributed by atoms with Crippen molar-refractivity contribution in [2.45, 2.75) is 13.3 Å². The van der Waals surface area contributed by atoms with Crippen LogP contribution in [0.4, 0.5) is 5.69 Å². The van der Waals surface area contributed by atoms with Gasteiger partial charge in [0.2, 0.25) is 5.91 Å². The van der Waals surface area contributed by atoms with Crippen molar-refractivity contribution in [2.24, 2.45) is 0 Å². The van der Waals surface area contributed by atoms with Crippen LogP contribution in [0.3, 0.4) is 0 Å². The molecule has 4 nitrogen and oxygen atoms in total. The Hall–Kier alpha value is -1.73. The predicted octanol–water partition coefficient (Wildman–Crippen LogP) is 2.17. The zero-order valence-corrected chi connectivity index (χ0v) is 11.3. The van der Waals surface area contributed by atoms with Crippen molar-refractivity contribution >= 4 is 23.2 Å². The molecule has 0 unspecified atom stereocenters. The molecular formula is C13H16ClN3O. The van der Waals surface area contributed by atoms with Gasteiger partial charge in [-0.3, -0.25) is 4.79 Å². The van der Waals surface area contributed by atoms with E-state index in [4.69, 9.17) is 16.9 Å². The first-order valence-corrected chi connectivity index (χ1v) is 6.07. The minimum Gasteiger partial charge on any atom is -0.374 e. The SMILES string of the molecule is CC(=O)NCCCN(C)c1ccc(C#N)c(Cl)c1.